The van der Waals surface area contributed by atoms with Crippen molar-refractivity contribution in [2.24, 2.45) is 0 Å². The maximum Gasteiger partial charge on any atom is 0.341 e. The number of ether oxygens (including phenoxy) is 3. The lowest BCUT2D eigenvalue weighted by atomic mass is 10.1. The number of esters is 1. The van der Waals surface area contributed by atoms with Crippen LogP contribution in [-0.4, -0.2) is 33.9 Å². The molecule has 0 aromatic heterocycles. The minimum absolute atomic E-state index is 0.218. The fourth-order valence-corrected chi connectivity index (χ4v) is 1.55. The molecule has 0 aliphatic heterocycles. The van der Waals surface area contributed by atoms with E-state index in [1.165, 1.54) is 21.3 Å². The average Bonchev–Trinajstić information content (AvgIpc) is 2.45. The van der Waals surface area contributed by atoms with Gasteiger partial charge in [0.15, 0.2) is 0 Å². The molecule has 0 N–H and O–H groups in total. The molecule has 0 aliphatic carbocycles. The predicted octanol–water partition coefficient (Wildman–Crippen LogP) is 2.04. The molecule has 0 aliphatic rings. The van der Waals surface area contributed by atoms with Gasteiger partial charge < -0.3 is 14.2 Å². The van der Waals surface area contributed by atoms with Crippen LogP contribution in [0.25, 0.3) is 6.08 Å². The first-order chi connectivity index (χ1) is 9.15. The van der Waals surface area contributed by atoms with Crippen LogP contribution in [-0.2, 0) is 9.47 Å². The molecule has 100 valence electrons. The molecule has 5 nitrogen and oxygen atoms in total. The van der Waals surface area contributed by atoms with E-state index in [1.54, 1.807) is 24.3 Å². The molecule has 19 heavy (non-hydrogen) atoms. The van der Waals surface area contributed by atoms with Gasteiger partial charge in [0.25, 0.3) is 0 Å². The number of nitriles is 1. The largest absolute Gasteiger partial charge is 0.496 e. The molecule has 0 heterocycles. The van der Waals surface area contributed by atoms with Crippen LogP contribution in [0.4, 0.5) is 0 Å². The van der Waals surface area contributed by atoms with Crippen LogP contribution in [0.3, 0.4) is 0 Å². The minimum Gasteiger partial charge on any atom is -0.496 e. The Hall–Kier alpha value is -2.32. The van der Waals surface area contributed by atoms with Gasteiger partial charge in [0, 0.05) is 7.11 Å². The van der Waals surface area contributed by atoms with Gasteiger partial charge in [0.1, 0.15) is 11.3 Å². The molecule has 1 rings (SSSR count). The van der Waals surface area contributed by atoms with Gasteiger partial charge in [0.2, 0.25) is 0 Å². The van der Waals surface area contributed by atoms with Crippen LogP contribution >= 0.6 is 0 Å². The highest BCUT2D eigenvalue weighted by atomic mass is 16.5. The van der Waals surface area contributed by atoms with E-state index in [9.17, 15) is 4.79 Å². The summed E-state index contributed by atoms with van der Waals surface area (Å²) >= 11 is 0. The first-order valence-electron chi connectivity index (χ1n) is 5.52. The Bertz CT molecular complexity index is 529. The van der Waals surface area contributed by atoms with Crippen molar-refractivity contribution in [3.05, 3.63) is 34.9 Å². The second-order valence-corrected chi connectivity index (χ2v) is 3.67. The summed E-state index contributed by atoms with van der Waals surface area (Å²) in [6.07, 6.45) is 1.65. The van der Waals surface area contributed by atoms with Gasteiger partial charge in [0.05, 0.1) is 32.5 Å². The van der Waals surface area contributed by atoms with Crippen molar-refractivity contribution in [2.45, 2.75) is 0 Å². The lowest BCUT2D eigenvalue weighted by molar-refractivity contribution is 0.0597. The van der Waals surface area contributed by atoms with Gasteiger partial charge in [-0.3, -0.25) is 0 Å². The predicted molar refractivity (Wildman–Crippen MR) is 69.8 cm³/mol. The van der Waals surface area contributed by atoms with Crippen LogP contribution in [0.2, 0.25) is 0 Å². The molecule has 0 saturated carbocycles. The Morgan fingerprint density at radius 1 is 1.37 bits per heavy atom. The Morgan fingerprint density at radius 3 is 2.63 bits per heavy atom. The number of nitrogens with zero attached hydrogens (tertiary/aromatic N) is 1. The van der Waals surface area contributed by atoms with Crippen molar-refractivity contribution >= 4 is 12.0 Å². The Labute approximate surface area is 112 Å². The molecule has 0 spiro atoms. The number of carbonyl (C=O) groups is 1. The van der Waals surface area contributed by atoms with E-state index in [1.807, 2.05) is 6.07 Å². The van der Waals surface area contributed by atoms with Crippen molar-refractivity contribution in [3.63, 3.8) is 0 Å². The molecule has 1 aromatic carbocycles. The second kappa shape index (κ2) is 7.19. The zero-order valence-corrected chi connectivity index (χ0v) is 11.1. The Kier molecular flexibility index (Phi) is 5.58. The van der Waals surface area contributed by atoms with E-state index in [4.69, 9.17) is 14.7 Å². The summed E-state index contributed by atoms with van der Waals surface area (Å²) < 4.78 is 14.7. The molecule has 0 fully saturated rings. The van der Waals surface area contributed by atoms with Gasteiger partial charge in [-0.2, -0.15) is 5.26 Å². The number of carbonyl (C=O) groups excluding carboxylic acids is 1. The highest BCUT2D eigenvalue weighted by Gasteiger charge is 2.13. The molecule has 0 atom stereocenters. The van der Waals surface area contributed by atoms with Crippen LogP contribution in [0.15, 0.2) is 23.8 Å². The molecule has 1 aromatic rings. The van der Waals surface area contributed by atoms with Crippen LogP contribution < -0.4 is 4.74 Å². The van der Waals surface area contributed by atoms with E-state index in [0.29, 0.717) is 22.4 Å². The van der Waals surface area contributed by atoms with E-state index in [0.717, 1.165) is 0 Å². The number of hydrogen-bond acceptors (Lipinski definition) is 5. The average molecular weight is 261 g/mol. The van der Waals surface area contributed by atoms with Crippen molar-refractivity contribution in [2.75, 3.05) is 27.9 Å². The maximum atomic E-state index is 11.6. The summed E-state index contributed by atoms with van der Waals surface area (Å²) in [5, 5.41) is 8.93. The third-order valence-electron chi connectivity index (χ3n) is 2.41. The number of benzene rings is 1. The SMILES string of the molecule is COC/C(C#N)=C/c1ccc(OC)c(C(=O)OC)c1. The second-order valence-electron chi connectivity index (χ2n) is 3.67. The molecular weight excluding hydrogens is 246 g/mol. The number of methoxy groups -OCH3 is 3. The van der Waals surface area contributed by atoms with Gasteiger partial charge in [-0.15, -0.1) is 0 Å². The monoisotopic (exact) mass is 261 g/mol. The van der Waals surface area contributed by atoms with Gasteiger partial charge in [-0.1, -0.05) is 6.07 Å². The first kappa shape index (κ1) is 14.7. The van der Waals surface area contributed by atoms with E-state index in [-0.39, 0.29) is 6.61 Å². The van der Waals surface area contributed by atoms with Crippen LogP contribution in [0.5, 0.6) is 5.75 Å². The van der Waals surface area contributed by atoms with Gasteiger partial charge in [-0.05, 0) is 23.8 Å². The summed E-state index contributed by atoms with van der Waals surface area (Å²) in [6, 6.07) is 7.04. The summed E-state index contributed by atoms with van der Waals surface area (Å²) in [5.74, 6) is -0.0633. The molecule has 0 bridgehead atoms. The fraction of sp³-hybridized carbons (Fsp3) is 0.286. The zero-order chi connectivity index (χ0) is 14.3. The maximum absolute atomic E-state index is 11.6. The topological polar surface area (TPSA) is 68.5 Å². The summed E-state index contributed by atoms with van der Waals surface area (Å²) in [5.41, 5.74) is 1.48. The standard InChI is InChI=1S/C14H15NO4/c1-17-9-11(8-15)6-10-4-5-13(18-2)12(7-10)14(16)19-3/h4-7H,9H2,1-3H3/b11-6+. The van der Waals surface area contributed by atoms with Crippen molar-refractivity contribution in [3.8, 4) is 11.8 Å². The van der Waals surface area contributed by atoms with Crippen molar-refractivity contribution in [1.82, 2.24) is 0 Å². The highest BCUT2D eigenvalue weighted by Crippen LogP contribution is 2.22. The van der Waals surface area contributed by atoms with E-state index < -0.39 is 5.97 Å². The van der Waals surface area contributed by atoms with Gasteiger partial charge in [-0.25, -0.2) is 4.79 Å². The quantitative estimate of drug-likeness (QED) is 0.599. The Balaban J connectivity index is 3.18. The van der Waals surface area contributed by atoms with E-state index in [2.05, 4.69) is 4.74 Å². The molecule has 0 saturated heterocycles. The first-order valence-corrected chi connectivity index (χ1v) is 5.52. The molecular formula is C14H15NO4. The third-order valence-corrected chi connectivity index (χ3v) is 2.41. The Morgan fingerprint density at radius 2 is 2.11 bits per heavy atom. The van der Waals surface area contributed by atoms with Crippen molar-refractivity contribution < 1.29 is 19.0 Å². The molecule has 0 amide bonds. The number of hydrogen-bond donors (Lipinski definition) is 0. The molecule has 0 radical (unpaired) electrons. The fourth-order valence-electron chi connectivity index (χ4n) is 1.55. The van der Waals surface area contributed by atoms with Gasteiger partial charge >= 0.3 is 5.97 Å². The van der Waals surface area contributed by atoms with Crippen molar-refractivity contribution in [1.29, 1.82) is 5.26 Å². The number of rotatable bonds is 5. The zero-order valence-electron chi connectivity index (χ0n) is 11.1. The summed E-state index contributed by atoms with van der Waals surface area (Å²) in [4.78, 5) is 11.6. The normalized spacial score (nSPS) is 10.7. The van der Waals surface area contributed by atoms with Crippen LogP contribution in [0, 0.1) is 11.3 Å². The molecule has 0 unspecified atom stereocenters. The highest BCUT2D eigenvalue weighted by molar-refractivity contribution is 5.93. The molecule has 5 heteroatoms. The summed E-state index contributed by atoms with van der Waals surface area (Å²) in [7, 11) is 4.29. The smallest absolute Gasteiger partial charge is 0.341 e. The van der Waals surface area contributed by atoms with E-state index >= 15 is 0 Å². The minimum atomic E-state index is -0.489. The van der Waals surface area contributed by atoms with Crippen LogP contribution in [0.1, 0.15) is 15.9 Å². The third kappa shape index (κ3) is 3.83. The summed E-state index contributed by atoms with van der Waals surface area (Å²) in [6.45, 7) is 0.218. The lowest BCUT2D eigenvalue weighted by Crippen LogP contribution is -2.04. The lowest BCUT2D eigenvalue weighted by Gasteiger charge is -2.07.